The minimum absolute atomic E-state index is 0.0926. The third-order valence-corrected chi connectivity index (χ3v) is 4.26. The number of rotatable bonds is 2. The van der Waals surface area contributed by atoms with Crippen molar-refractivity contribution in [1.82, 2.24) is 5.32 Å². The van der Waals surface area contributed by atoms with E-state index in [0.29, 0.717) is 12.8 Å². The second-order valence-electron chi connectivity index (χ2n) is 6.65. The maximum atomic E-state index is 13.5. The zero-order chi connectivity index (χ0) is 13.8. The minimum Gasteiger partial charge on any atom is -0.444 e. The van der Waals surface area contributed by atoms with Gasteiger partial charge in [0.05, 0.1) is 0 Å². The number of hydrogen-bond acceptors (Lipinski definition) is 2. The lowest BCUT2D eigenvalue weighted by atomic mass is 9.43. The lowest BCUT2D eigenvalue weighted by Crippen LogP contribution is -2.70. The molecule has 1 N–H and O–H groups in total. The monoisotopic (exact) mass is 261 g/mol. The molecule has 2 aliphatic rings. The Bertz CT molecular complexity index is 359. The minimum atomic E-state index is -2.65. The molecule has 0 aliphatic heterocycles. The molecule has 0 aromatic heterocycles. The van der Waals surface area contributed by atoms with Crippen LogP contribution in [0.3, 0.4) is 0 Å². The highest BCUT2D eigenvalue weighted by atomic mass is 19.3. The summed E-state index contributed by atoms with van der Waals surface area (Å²) in [6, 6.07) is -0.153. The number of hydrogen-bond donors (Lipinski definition) is 1. The number of carbonyl (C=O) groups is 1. The summed E-state index contributed by atoms with van der Waals surface area (Å²) in [4.78, 5) is 11.6. The molecule has 3 unspecified atom stereocenters. The van der Waals surface area contributed by atoms with Crippen LogP contribution in [-0.2, 0) is 4.74 Å². The number of ether oxygens (including phenoxy) is 1. The van der Waals surface area contributed by atoms with Crippen LogP contribution >= 0.6 is 0 Å². The fourth-order valence-electron chi connectivity index (χ4n) is 3.21. The molecule has 0 aromatic rings. The average molecular weight is 261 g/mol. The lowest BCUT2D eigenvalue weighted by molar-refractivity contribution is -0.249. The Morgan fingerprint density at radius 1 is 1.33 bits per heavy atom. The van der Waals surface area contributed by atoms with Crippen LogP contribution in [0.15, 0.2) is 0 Å². The van der Waals surface area contributed by atoms with Gasteiger partial charge in [0.2, 0.25) is 0 Å². The SMILES string of the molecule is CC(C)(C)OC(=O)NC1CC2(C(C)(F)F)CCC12. The van der Waals surface area contributed by atoms with Gasteiger partial charge >= 0.3 is 6.09 Å². The topological polar surface area (TPSA) is 38.3 Å². The Hall–Kier alpha value is -0.870. The normalized spacial score (nSPS) is 35.0. The second kappa shape index (κ2) is 3.81. The van der Waals surface area contributed by atoms with Gasteiger partial charge in [-0.3, -0.25) is 0 Å². The number of halogens is 2. The Morgan fingerprint density at radius 2 is 1.94 bits per heavy atom. The van der Waals surface area contributed by atoms with Crippen molar-refractivity contribution in [3.05, 3.63) is 0 Å². The quantitative estimate of drug-likeness (QED) is 0.828. The summed E-state index contributed by atoms with van der Waals surface area (Å²) in [5, 5.41) is 2.71. The molecular weight excluding hydrogens is 240 g/mol. The highest BCUT2D eigenvalue weighted by Gasteiger charge is 2.69. The molecule has 2 fully saturated rings. The molecule has 0 aromatic carbocycles. The summed E-state index contributed by atoms with van der Waals surface area (Å²) in [5.74, 6) is -2.74. The molecule has 2 saturated carbocycles. The summed E-state index contributed by atoms with van der Waals surface area (Å²) in [6.07, 6.45) is 1.19. The molecule has 0 bridgehead atoms. The smallest absolute Gasteiger partial charge is 0.407 e. The predicted molar refractivity (Wildman–Crippen MR) is 63.6 cm³/mol. The van der Waals surface area contributed by atoms with Crippen molar-refractivity contribution in [2.75, 3.05) is 0 Å². The second-order valence-corrected chi connectivity index (χ2v) is 6.65. The van der Waals surface area contributed by atoms with Crippen LogP contribution in [-0.4, -0.2) is 23.7 Å². The first kappa shape index (κ1) is 13.6. The first-order chi connectivity index (χ1) is 8.05. The molecule has 18 heavy (non-hydrogen) atoms. The van der Waals surface area contributed by atoms with Crippen molar-refractivity contribution >= 4 is 6.09 Å². The van der Waals surface area contributed by atoms with Crippen molar-refractivity contribution in [3.63, 3.8) is 0 Å². The molecule has 3 nitrogen and oxygen atoms in total. The Balaban J connectivity index is 1.88. The maximum absolute atomic E-state index is 13.5. The molecule has 0 heterocycles. The van der Waals surface area contributed by atoms with E-state index in [0.717, 1.165) is 13.3 Å². The molecular formula is C13H21F2NO2. The Morgan fingerprint density at radius 3 is 2.28 bits per heavy atom. The van der Waals surface area contributed by atoms with Crippen LogP contribution in [0, 0.1) is 11.3 Å². The highest BCUT2D eigenvalue weighted by Crippen LogP contribution is 2.67. The molecule has 2 aliphatic carbocycles. The van der Waals surface area contributed by atoms with E-state index in [-0.39, 0.29) is 12.0 Å². The predicted octanol–water partition coefficient (Wildman–Crippen LogP) is 3.34. The van der Waals surface area contributed by atoms with Crippen molar-refractivity contribution in [2.45, 2.75) is 64.5 Å². The number of amides is 1. The van der Waals surface area contributed by atoms with Crippen LogP contribution in [0.25, 0.3) is 0 Å². The largest absolute Gasteiger partial charge is 0.444 e. The van der Waals surface area contributed by atoms with Gasteiger partial charge < -0.3 is 10.1 Å². The Kier molecular flexibility index (Phi) is 2.87. The molecule has 0 saturated heterocycles. The maximum Gasteiger partial charge on any atom is 0.407 e. The van der Waals surface area contributed by atoms with E-state index in [1.165, 1.54) is 0 Å². The van der Waals surface area contributed by atoms with Gasteiger partial charge in [0.25, 0.3) is 5.92 Å². The third kappa shape index (κ3) is 2.08. The summed E-state index contributed by atoms with van der Waals surface area (Å²) >= 11 is 0. The first-order valence-electron chi connectivity index (χ1n) is 6.42. The van der Waals surface area contributed by atoms with Crippen LogP contribution in [0.1, 0.15) is 47.0 Å². The van der Waals surface area contributed by atoms with Crippen molar-refractivity contribution in [3.8, 4) is 0 Å². The van der Waals surface area contributed by atoms with Crippen LogP contribution in [0.2, 0.25) is 0 Å². The zero-order valence-electron chi connectivity index (χ0n) is 11.3. The van der Waals surface area contributed by atoms with Crippen molar-refractivity contribution in [1.29, 1.82) is 0 Å². The van der Waals surface area contributed by atoms with Gasteiger partial charge in [-0.1, -0.05) is 0 Å². The standard InChI is InChI=1S/C13H21F2NO2/c1-11(2,3)18-10(17)16-9-7-13(12(4,14)15)6-5-8(9)13/h8-9H,5-7H2,1-4H3,(H,16,17). The van der Waals surface area contributed by atoms with E-state index in [4.69, 9.17) is 4.74 Å². The zero-order valence-corrected chi connectivity index (χ0v) is 11.3. The van der Waals surface area contributed by atoms with E-state index in [1.54, 1.807) is 20.8 Å². The Labute approximate surface area is 106 Å². The summed E-state index contributed by atoms with van der Waals surface area (Å²) in [5.41, 5.74) is -1.42. The number of alkyl halides is 2. The third-order valence-electron chi connectivity index (χ3n) is 4.26. The van der Waals surface area contributed by atoms with Gasteiger partial charge in [0, 0.05) is 11.5 Å². The van der Waals surface area contributed by atoms with E-state index in [2.05, 4.69) is 5.32 Å². The first-order valence-corrected chi connectivity index (χ1v) is 6.42. The summed E-state index contributed by atoms with van der Waals surface area (Å²) < 4.78 is 32.1. The average Bonchev–Trinajstić information content (AvgIpc) is 2.06. The fraction of sp³-hybridized carbons (Fsp3) is 0.923. The van der Waals surface area contributed by atoms with Crippen LogP contribution in [0.5, 0.6) is 0 Å². The molecule has 1 amide bonds. The van der Waals surface area contributed by atoms with Crippen LogP contribution in [0.4, 0.5) is 13.6 Å². The van der Waals surface area contributed by atoms with E-state index in [9.17, 15) is 13.6 Å². The molecule has 2 rings (SSSR count). The molecule has 3 atom stereocenters. The van der Waals surface area contributed by atoms with Gasteiger partial charge in [-0.15, -0.1) is 0 Å². The van der Waals surface area contributed by atoms with Crippen molar-refractivity contribution < 1.29 is 18.3 Å². The lowest BCUT2D eigenvalue weighted by Gasteiger charge is -2.65. The van der Waals surface area contributed by atoms with Gasteiger partial charge in [-0.25, -0.2) is 13.6 Å². The fourth-order valence-corrected chi connectivity index (χ4v) is 3.21. The summed E-state index contributed by atoms with van der Waals surface area (Å²) in [7, 11) is 0. The van der Waals surface area contributed by atoms with E-state index in [1.807, 2.05) is 0 Å². The van der Waals surface area contributed by atoms with Crippen molar-refractivity contribution in [2.24, 2.45) is 11.3 Å². The molecule has 0 radical (unpaired) electrons. The number of fused-ring (bicyclic) bond motifs is 1. The van der Waals surface area contributed by atoms with Gasteiger partial charge in [0.1, 0.15) is 5.60 Å². The van der Waals surface area contributed by atoms with Gasteiger partial charge in [0.15, 0.2) is 0 Å². The number of carbonyl (C=O) groups excluding carboxylic acids is 1. The van der Waals surface area contributed by atoms with E-state index >= 15 is 0 Å². The number of alkyl carbamates (subject to hydrolysis) is 1. The van der Waals surface area contributed by atoms with Gasteiger partial charge in [-0.2, -0.15) is 0 Å². The van der Waals surface area contributed by atoms with E-state index < -0.39 is 23.0 Å². The highest BCUT2D eigenvalue weighted by molar-refractivity contribution is 5.68. The van der Waals surface area contributed by atoms with Crippen LogP contribution < -0.4 is 5.32 Å². The summed E-state index contributed by atoms with van der Waals surface area (Å²) in [6.45, 7) is 6.33. The molecule has 104 valence electrons. The van der Waals surface area contributed by atoms with Gasteiger partial charge in [-0.05, 0) is 52.9 Å². The molecule has 5 heteroatoms. The molecule has 0 spiro atoms. The number of nitrogens with one attached hydrogen (secondary N) is 1.